The van der Waals surface area contributed by atoms with Gasteiger partial charge in [-0.25, -0.2) is 0 Å². The molecule has 0 bridgehead atoms. The van der Waals surface area contributed by atoms with Gasteiger partial charge in [0.15, 0.2) is 0 Å². The molecule has 1 aromatic heterocycles. The molecule has 0 saturated carbocycles. The minimum absolute atomic E-state index is 0.582. The molecule has 0 aliphatic rings. The summed E-state index contributed by atoms with van der Waals surface area (Å²) >= 11 is 29.8. The summed E-state index contributed by atoms with van der Waals surface area (Å²) in [6.07, 6.45) is 4.74. The Morgan fingerprint density at radius 1 is 0.793 bits per heavy atom. The minimum atomic E-state index is 0.582. The van der Waals surface area contributed by atoms with E-state index in [0.717, 1.165) is 35.1 Å². The maximum Gasteiger partial charge on any atom is 0.0560 e. The van der Waals surface area contributed by atoms with Gasteiger partial charge in [0, 0.05) is 34.5 Å². The van der Waals surface area contributed by atoms with Crippen molar-refractivity contribution >= 4 is 70.8 Å². The van der Waals surface area contributed by atoms with Crippen LogP contribution in [0.2, 0.25) is 20.1 Å². The topological polar surface area (TPSA) is 24.9 Å². The Morgan fingerprint density at radius 2 is 1.34 bits per heavy atom. The average molecular weight is 506 g/mol. The molecule has 8 heteroatoms. The third-order valence-electron chi connectivity index (χ3n) is 3.64. The molecule has 0 fully saturated rings. The van der Waals surface area contributed by atoms with Gasteiger partial charge in [-0.15, -0.1) is 0 Å². The first-order valence-electron chi connectivity index (χ1n) is 8.79. The number of hydrogen-bond acceptors (Lipinski definition) is 4. The first kappa shape index (κ1) is 24.7. The highest BCUT2D eigenvalue weighted by Crippen LogP contribution is 2.43. The van der Waals surface area contributed by atoms with Crippen LogP contribution in [0.25, 0.3) is 0 Å². The van der Waals surface area contributed by atoms with Gasteiger partial charge in [-0.2, -0.15) is 12.6 Å². The van der Waals surface area contributed by atoms with Gasteiger partial charge >= 0.3 is 0 Å². The van der Waals surface area contributed by atoms with Gasteiger partial charge in [-0.3, -0.25) is 4.98 Å². The fourth-order valence-electron chi connectivity index (χ4n) is 2.24. The van der Waals surface area contributed by atoms with Crippen molar-refractivity contribution in [2.45, 2.75) is 16.2 Å². The number of halogens is 4. The molecule has 0 atom stereocenters. The average Bonchev–Trinajstić information content (AvgIpc) is 2.71. The Bertz CT molecular complexity index is 805. The maximum absolute atomic E-state index is 6.09. The van der Waals surface area contributed by atoms with Crippen LogP contribution in [0.1, 0.15) is 5.56 Å². The summed E-state index contributed by atoms with van der Waals surface area (Å²) in [5, 5.41) is 5.61. The van der Waals surface area contributed by atoms with Gasteiger partial charge in [0.25, 0.3) is 0 Å². The van der Waals surface area contributed by atoms with Crippen LogP contribution in [0.3, 0.4) is 0 Å². The van der Waals surface area contributed by atoms with Crippen molar-refractivity contribution in [3.63, 3.8) is 0 Å². The van der Waals surface area contributed by atoms with E-state index in [1.54, 1.807) is 42.6 Å². The SMILES string of the molecule is Clc1cccc(Cl)c1Sc1c(Cl)cccc1Cl.SCCNCCc1cccnc1. The molecule has 2 nitrogen and oxygen atoms in total. The van der Waals surface area contributed by atoms with Crippen LogP contribution in [0.5, 0.6) is 0 Å². The van der Waals surface area contributed by atoms with Crippen molar-refractivity contribution in [1.29, 1.82) is 0 Å². The van der Waals surface area contributed by atoms with Gasteiger partial charge in [0.2, 0.25) is 0 Å². The van der Waals surface area contributed by atoms with E-state index in [0.29, 0.717) is 20.1 Å². The molecule has 0 aliphatic carbocycles. The molecule has 1 heterocycles. The molecule has 154 valence electrons. The Kier molecular flexibility index (Phi) is 11.6. The smallest absolute Gasteiger partial charge is 0.0560 e. The third-order valence-corrected chi connectivity index (χ3v) is 6.86. The number of aromatic nitrogens is 1. The molecule has 0 saturated heterocycles. The molecule has 3 aromatic rings. The Balaban J connectivity index is 0.000000221. The molecule has 0 spiro atoms. The fraction of sp³-hybridized carbons (Fsp3) is 0.190. The maximum atomic E-state index is 6.09. The summed E-state index contributed by atoms with van der Waals surface area (Å²) in [4.78, 5) is 5.55. The zero-order valence-corrected chi connectivity index (χ0v) is 20.2. The summed E-state index contributed by atoms with van der Waals surface area (Å²) in [5.41, 5.74) is 1.28. The van der Waals surface area contributed by atoms with Gasteiger partial charge in [0.1, 0.15) is 0 Å². The van der Waals surface area contributed by atoms with E-state index in [1.165, 1.54) is 17.3 Å². The summed E-state index contributed by atoms with van der Waals surface area (Å²) in [6, 6.07) is 14.8. The Labute approximate surface area is 201 Å². The van der Waals surface area contributed by atoms with Crippen LogP contribution in [0.15, 0.2) is 70.7 Å². The van der Waals surface area contributed by atoms with Crippen molar-refractivity contribution in [3.8, 4) is 0 Å². The summed E-state index contributed by atoms with van der Waals surface area (Å²) < 4.78 is 0. The van der Waals surface area contributed by atoms with Crippen molar-refractivity contribution in [3.05, 3.63) is 86.6 Å². The number of benzene rings is 2. The molecular formula is C21H20Cl4N2S2. The summed E-state index contributed by atoms with van der Waals surface area (Å²) in [5.74, 6) is 0.896. The van der Waals surface area contributed by atoms with Crippen molar-refractivity contribution in [2.75, 3.05) is 18.8 Å². The van der Waals surface area contributed by atoms with Crippen molar-refractivity contribution in [1.82, 2.24) is 10.3 Å². The first-order chi connectivity index (χ1) is 14.0. The lowest BCUT2D eigenvalue weighted by atomic mass is 10.2. The normalized spacial score (nSPS) is 10.4. The molecule has 0 unspecified atom stereocenters. The predicted molar refractivity (Wildman–Crippen MR) is 132 cm³/mol. The molecular weight excluding hydrogens is 486 g/mol. The van der Waals surface area contributed by atoms with Gasteiger partial charge in [-0.05, 0) is 48.9 Å². The monoisotopic (exact) mass is 504 g/mol. The zero-order valence-electron chi connectivity index (χ0n) is 15.4. The molecule has 0 aliphatic heterocycles. The molecule has 3 rings (SSSR count). The zero-order chi connectivity index (χ0) is 21.1. The van der Waals surface area contributed by atoms with Crippen LogP contribution in [-0.2, 0) is 6.42 Å². The standard InChI is InChI=1S/C12H6Cl4S.C9H14N2S/c13-7-3-1-4-8(14)11(7)17-12-9(15)5-2-6-10(12)16;12-7-6-10-5-3-9-2-1-4-11-8-9/h1-6H;1-2,4,8,10,12H,3,5-7H2. The predicted octanol–water partition coefficient (Wildman–Crippen LogP) is 7.59. The number of thiol groups is 1. The molecule has 0 radical (unpaired) electrons. The van der Waals surface area contributed by atoms with E-state index in [9.17, 15) is 0 Å². The van der Waals surface area contributed by atoms with E-state index >= 15 is 0 Å². The van der Waals surface area contributed by atoms with Crippen molar-refractivity contribution < 1.29 is 0 Å². The van der Waals surface area contributed by atoms with Crippen LogP contribution < -0.4 is 5.32 Å². The second-order valence-corrected chi connectivity index (χ2v) is 8.89. The van der Waals surface area contributed by atoms with Gasteiger partial charge < -0.3 is 5.32 Å². The quantitative estimate of drug-likeness (QED) is 0.255. The number of rotatable bonds is 7. The van der Waals surface area contributed by atoms with Gasteiger partial charge in [0.05, 0.1) is 20.1 Å². The lowest BCUT2D eigenvalue weighted by Crippen LogP contribution is -2.19. The Morgan fingerprint density at radius 3 is 1.79 bits per heavy atom. The lowest BCUT2D eigenvalue weighted by Gasteiger charge is -2.09. The number of pyridine rings is 1. The van der Waals surface area contributed by atoms with Crippen LogP contribution >= 0.6 is 70.8 Å². The number of nitrogens with zero attached hydrogens (tertiary/aromatic N) is 1. The minimum Gasteiger partial charge on any atom is -0.316 e. The van der Waals surface area contributed by atoms with E-state index in [-0.39, 0.29) is 0 Å². The van der Waals surface area contributed by atoms with Crippen LogP contribution in [-0.4, -0.2) is 23.8 Å². The first-order valence-corrected chi connectivity index (χ1v) is 11.8. The van der Waals surface area contributed by atoms with E-state index in [4.69, 9.17) is 46.4 Å². The largest absolute Gasteiger partial charge is 0.316 e. The Hall–Kier alpha value is -0.590. The third kappa shape index (κ3) is 8.58. The summed E-state index contributed by atoms with van der Waals surface area (Å²) in [7, 11) is 0. The second kappa shape index (κ2) is 13.7. The lowest BCUT2D eigenvalue weighted by molar-refractivity contribution is 0.720. The second-order valence-electron chi connectivity index (χ2n) is 5.79. The molecule has 29 heavy (non-hydrogen) atoms. The fourth-order valence-corrected chi connectivity index (χ4v) is 4.53. The van der Waals surface area contributed by atoms with Crippen molar-refractivity contribution in [2.24, 2.45) is 0 Å². The van der Waals surface area contributed by atoms with Crippen LogP contribution in [0.4, 0.5) is 0 Å². The van der Waals surface area contributed by atoms with Gasteiger partial charge in [-0.1, -0.05) is 76.4 Å². The van der Waals surface area contributed by atoms with Crippen LogP contribution in [0, 0.1) is 0 Å². The number of nitrogens with one attached hydrogen (secondary N) is 1. The highest BCUT2D eigenvalue weighted by Gasteiger charge is 2.12. The molecule has 2 aromatic carbocycles. The highest BCUT2D eigenvalue weighted by atomic mass is 35.5. The van der Waals surface area contributed by atoms with E-state index in [1.807, 2.05) is 12.3 Å². The molecule has 1 N–H and O–H groups in total. The molecule has 0 amide bonds. The van der Waals surface area contributed by atoms with E-state index < -0.39 is 0 Å². The summed E-state index contributed by atoms with van der Waals surface area (Å²) in [6.45, 7) is 1.98. The highest BCUT2D eigenvalue weighted by molar-refractivity contribution is 7.99. The number of hydrogen-bond donors (Lipinski definition) is 2. The van der Waals surface area contributed by atoms with E-state index in [2.05, 4.69) is 29.0 Å².